The molecule has 0 radical (unpaired) electrons. The van der Waals surface area contributed by atoms with Gasteiger partial charge in [-0.25, -0.2) is 4.79 Å². The van der Waals surface area contributed by atoms with Crippen molar-refractivity contribution in [2.24, 2.45) is 5.92 Å². The first kappa shape index (κ1) is 22.6. The number of likely N-dealkylation sites (tertiary alicyclic amines) is 1. The van der Waals surface area contributed by atoms with E-state index in [-0.39, 0.29) is 17.8 Å². The minimum Gasteiger partial charge on any atom is -0.462 e. The van der Waals surface area contributed by atoms with Crippen molar-refractivity contribution >= 4 is 40.8 Å². The lowest BCUT2D eigenvalue weighted by atomic mass is 9.95. The van der Waals surface area contributed by atoms with Gasteiger partial charge in [0.1, 0.15) is 0 Å². The summed E-state index contributed by atoms with van der Waals surface area (Å²) < 4.78 is 5.09. The van der Waals surface area contributed by atoms with Crippen LogP contribution in [0.4, 0.5) is 5.69 Å². The summed E-state index contributed by atoms with van der Waals surface area (Å²) in [6.45, 7) is 6.36. The number of esters is 1. The Kier molecular flexibility index (Phi) is 7.75. The summed E-state index contributed by atoms with van der Waals surface area (Å²) in [6.07, 6.45) is 1.56. The molecule has 7 heteroatoms. The summed E-state index contributed by atoms with van der Waals surface area (Å²) >= 11 is 12.1. The molecule has 1 fully saturated rings. The summed E-state index contributed by atoms with van der Waals surface area (Å²) in [5.41, 5.74) is 2.97. The van der Waals surface area contributed by atoms with Gasteiger partial charge in [-0.15, -0.1) is 0 Å². The molecule has 0 bridgehead atoms. The minimum atomic E-state index is -0.373. The predicted molar refractivity (Wildman–Crippen MR) is 120 cm³/mol. The maximum Gasteiger partial charge on any atom is 0.338 e. The van der Waals surface area contributed by atoms with Crippen molar-refractivity contribution < 1.29 is 14.3 Å². The maximum absolute atomic E-state index is 12.8. The molecular weight excluding hydrogens is 423 g/mol. The number of ether oxygens (including phenoxy) is 1. The second kappa shape index (κ2) is 10.3. The Morgan fingerprint density at radius 3 is 2.53 bits per heavy atom. The number of hydrogen-bond donors (Lipinski definition) is 1. The number of piperidine rings is 1. The Hall–Kier alpha value is -2.08. The first-order valence-corrected chi connectivity index (χ1v) is 10.9. The van der Waals surface area contributed by atoms with Crippen molar-refractivity contribution in [3.63, 3.8) is 0 Å². The largest absolute Gasteiger partial charge is 0.462 e. The van der Waals surface area contributed by atoms with Crippen LogP contribution >= 0.6 is 23.2 Å². The molecule has 2 aromatic carbocycles. The van der Waals surface area contributed by atoms with Crippen molar-refractivity contribution in [3.05, 3.63) is 63.1 Å². The van der Waals surface area contributed by atoms with Crippen LogP contribution in [0.15, 0.2) is 36.4 Å². The van der Waals surface area contributed by atoms with Gasteiger partial charge in [0.15, 0.2) is 0 Å². The fraction of sp³-hybridized carbons (Fsp3) is 0.391. The first-order chi connectivity index (χ1) is 14.4. The lowest BCUT2D eigenvalue weighted by Crippen LogP contribution is -2.37. The molecule has 1 N–H and O–H groups in total. The molecule has 1 amide bonds. The van der Waals surface area contributed by atoms with Crippen molar-refractivity contribution in [3.8, 4) is 0 Å². The van der Waals surface area contributed by atoms with Gasteiger partial charge in [0.2, 0.25) is 5.91 Å². The van der Waals surface area contributed by atoms with Gasteiger partial charge in [0.05, 0.1) is 22.2 Å². The minimum absolute atomic E-state index is 0.00621. The average molecular weight is 449 g/mol. The number of nitrogens with zero attached hydrogens (tertiary/aromatic N) is 1. The fourth-order valence-electron chi connectivity index (χ4n) is 3.69. The highest BCUT2D eigenvalue weighted by atomic mass is 35.5. The normalized spacial score (nSPS) is 15.1. The van der Waals surface area contributed by atoms with E-state index >= 15 is 0 Å². The summed E-state index contributed by atoms with van der Waals surface area (Å²) in [4.78, 5) is 27.2. The molecule has 1 aliphatic rings. The molecule has 0 unspecified atom stereocenters. The summed E-state index contributed by atoms with van der Waals surface area (Å²) in [5.74, 6) is -0.435. The van der Waals surface area contributed by atoms with Gasteiger partial charge in [-0.2, -0.15) is 0 Å². The number of carbonyl (C=O) groups is 2. The highest BCUT2D eigenvalue weighted by molar-refractivity contribution is 6.42. The molecule has 0 atom stereocenters. The summed E-state index contributed by atoms with van der Waals surface area (Å²) in [5, 5.41) is 4.11. The molecule has 1 heterocycles. The highest BCUT2D eigenvalue weighted by Gasteiger charge is 2.26. The third kappa shape index (κ3) is 5.54. The highest BCUT2D eigenvalue weighted by Crippen LogP contribution is 2.26. The zero-order chi connectivity index (χ0) is 21.7. The van der Waals surface area contributed by atoms with Crippen LogP contribution < -0.4 is 5.32 Å². The zero-order valence-electron chi connectivity index (χ0n) is 17.2. The molecule has 5 nitrogen and oxygen atoms in total. The van der Waals surface area contributed by atoms with Gasteiger partial charge in [-0.05, 0) is 75.2 Å². The molecule has 1 aliphatic heterocycles. The summed E-state index contributed by atoms with van der Waals surface area (Å²) in [7, 11) is 0. The van der Waals surface area contributed by atoms with E-state index in [1.165, 1.54) is 0 Å². The zero-order valence-corrected chi connectivity index (χ0v) is 18.7. The van der Waals surface area contributed by atoms with E-state index in [4.69, 9.17) is 27.9 Å². The van der Waals surface area contributed by atoms with E-state index in [0.29, 0.717) is 27.9 Å². The van der Waals surface area contributed by atoms with Crippen molar-refractivity contribution in [1.29, 1.82) is 0 Å². The number of nitrogens with one attached hydrogen (secondary N) is 1. The number of carbonyl (C=O) groups excluding carboxylic acids is 2. The Morgan fingerprint density at radius 1 is 1.13 bits per heavy atom. The monoisotopic (exact) mass is 448 g/mol. The SMILES string of the molecule is CCOC(=O)c1cccc(NC(=O)C2CCN(Cc3ccc(Cl)c(Cl)c3)CC2)c1C. The van der Waals surface area contributed by atoms with Crippen LogP contribution in [0.1, 0.15) is 41.3 Å². The topological polar surface area (TPSA) is 58.6 Å². The van der Waals surface area contributed by atoms with Gasteiger partial charge >= 0.3 is 5.97 Å². The van der Waals surface area contributed by atoms with Gasteiger partial charge < -0.3 is 10.1 Å². The van der Waals surface area contributed by atoms with E-state index in [9.17, 15) is 9.59 Å². The number of benzene rings is 2. The number of hydrogen-bond acceptors (Lipinski definition) is 4. The second-order valence-corrected chi connectivity index (χ2v) is 8.30. The van der Waals surface area contributed by atoms with Crippen LogP contribution in [0.25, 0.3) is 0 Å². The van der Waals surface area contributed by atoms with Crippen LogP contribution in [-0.2, 0) is 16.1 Å². The Bertz CT molecular complexity index is 925. The van der Waals surface area contributed by atoms with E-state index in [1.807, 2.05) is 31.2 Å². The molecule has 1 saturated heterocycles. The van der Waals surface area contributed by atoms with Crippen LogP contribution in [0.3, 0.4) is 0 Å². The standard InChI is InChI=1S/C23H26Cl2N2O3/c1-3-30-23(29)18-5-4-6-21(15(18)2)26-22(28)17-9-11-27(12-10-17)14-16-7-8-19(24)20(25)13-16/h4-8,13,17H,3,9-12,14H2,1-2H3,(H,26,28). The average Bonchev–Trinajstić information content (AvgIpc) is 2.73. The number of anilines is 1. The quantitative estimate of drug-likeness (QED) is 0.606. The van der Waals surface area contributed by atoms with Gasteiger partial charge in [-0.3, -0.25) is 9.69 Å². The van der Waals surface area contributed by atoms with Gasteiger partial charge in [-0.1, -0.05) is 35.3 Å². The van der Waals surface area contributed by atoms with Crippen LogP contribution in [0.5, 0.6) is 0 Å². The Morgan fingerprint density at radius 2 is 1.87 bits per heavy atom. The number of rotatable bonds is 6. The Labute approximate surface area is 187 Å². The van der Waals surface area contributed by atoms with E-state index in [0.717, 1.165) is 43.6 Å². The predicted octanol–water partition coefficient (Wildman–Crippen LogP) is 5.33. The Balaban J connectivity index is 1.56. The number of amides is 1. The van der Waals surface area contributed by atoms with Crippen molar-refractivity contribution in [2.75, 3.05) is 25.0 Å². The van der Waals surface area contributed by atoms with Crippen LogP contribution in [0, 0.1) is 12.8 Å². The molecule has 0 spiro atoms. The van der Waals surface area contributed by atoms with Gasteiger partial charge in [0, 0.05) is 18.2 Å². The molecule has 2 aromatic rings. The lowest BCUT2D eigenvalue weighted by molar-refractivity contribution is -0.121. The van der Waals surface area contributed by atoms with Crippen LogP contribution in [-0.4, -0.2) is 36.5 Å². The van der Waals surface area contributed by atoms with E-state index in [1.54, 1.807) is 19.1 Å². The molecule has 0 saturated carbocycles. The molecular formula is C23H26Cl2N2O3. The third-order valence-electron chi connectivity index (χ3n) is 5.44. The third-order valence-corrected chi connectivity index (χ3v) is 6.17. The van der Waals surface area contributed by atoms with Gasteiger partial charge in [0.25, 0.3) is 0 Å². The molecule has 160 valence electrons. The van der Waals surface area contributed by atoms with Crippen LogP contribution in [0.2, 0.25) is 10.0 Å². The number of halogens is 2. The molecule has 0 aliphatic carbocycles. The van der Waals surface area contributed by atoms with E-state index in [2.05, 4.69) is 10.2 Å². The first-order valence-electron chi connectivity index (χ1n) is 10.1. The second-order valence-electron chi connectivity index (χ2n) is 7.49. The van der Waals surface area contributed by atoms with Crippen molar-refractivity contribution in [1.82, 2.24) is 4.90 Å². The summed E-state index contributed by atoms with van der Waals surface area (Å²) in [6, 6.07) is 11.0. The molecule has 3 rings (SSSR count). The maximum atomic E-state index is 12.8. The fourth-order valence-corrected chi connectivity index (χ4v) is 4.01. The smallest absolute Gasteiger partial charge is 0.338 e. The van der Waals surface area contributed by atoms with E-state index < -0.39 is 0 Å². The molecule has 0 aromatic heterocycles. The molecule has 30 heavy (non-hydrogen) atoms. The lowest BCUT2D eigenvalue weighted by Gasteiger charge is -2.31. The van der Waals surface area contributed by atoms with Crippen molar-refractivity contribution in [2.45, 2.75) is 33.2 Å².